The lowest BCUT2D eigenvalue weighted by molar-refractivity contribution is -0.138. The standard InChI is InChI=1S/C48H30F6N2O2/c1-27-18-33(22-35(20-27)47(49,50)51)31-14-16-41-39(25-31)40-26-32(34-19-28(2)21-36(23-34)48(52,53)54)15-17-42(40)56(41)43-13-7-12-38-44(43)46(58)55(45(38)57)37-11-6-10-30(24-37)29-8-4-3-5-9-29/h3-26H,1-2H3. The van der Waals surface area contributed by atoms with Crippen LogP contribution in [0.15, 0.2) is 146 Å². The molecule has 9 rings (SSSR count). The molecule has 0 unspecified atom stereocenters. The van der Waals surface area contributed by atoms with Gasteiger partial charge in [-0.15, -0.1) is 0 Å². The zero-order valence-electron chi connectivity index (χ0n) is 30.8. The second kappa shape index (κ2) is 13.3. The fraction of sp³-hybridized carbons (Fsp3) is 0.0833. The Hall–Kier alpha value is -6.94. The normalized spacial score (nSPS) is 13.2. The third-order valence-electron chi connectivity index (χ3n) is 10.6. The van der Waals surface area contributed by atoms with Crippen LogP contribution in [0, 0.1) is 13.8 Å². The molecule has 2 heterocycles. The van der Waals surface area contributed by atoms with E-state index in [2.05, 4.69) is 0 Å². The molecule has 0 aliphatic carbocycles. The molecular weight excluding hydrogens is 751 g/mol. The van der Waals surface area contributed by atoms with Crippen LogP contribution in [-0.2, 0) is 12.4 Å². The van der Waals surface area contributed by atoms with Crippen molar-refractivity contribution in [3.63, 3.8) is 0 Å². The van der Waals surface area contributed by atoms with E-state index in [1.807, 2.05) is 41.0 Å². The first-order chi connectivity index (χ1) is 27.7. The van der Waals surface area contributed by atoms with Crippen molar-refractivity contribution in [3.8, 4) is 39.1 Å². The Morgan fingerprint density at radius 3 is 1.52 bits per heavy atom. The van der Waals surface area contributed by atoms with E-state index in [0.29, 0.717) is 66.6 Å². The Bertz CT molecular complexity index is 2880. The largest absolute Gasteiger partial charge is 0.416 e. The molecule has 58 heavy (non-hydrogen) atoms. The second-order valence-corrected chi connectivity index (χ2v) is 14.5. The monoisotopic (exact) mass is 780 g/mol. The van der Waals surface area contributed by atoms with Crippen LogP contribution in [-0.4, -0.2) is 16.4 Å². The Morgan fingerprint density at radius 2 is 0.966 bits per heavy atom. The molecular formula is C48H30F6N2O2. The van der Waals surface area contributed by atoms with Crippen molar-refractivity contribution < 1.29 is 35.9 Å². The lowest BCUT2D eigenvalue weighted by Gasteiger charge is -2.16. The molecule has 0 bridgehead atoms. The average Bonchev–Trinajstić information content (AvgIpc) is 3.66. The van der Waals surface area contributed by atoms with Crippen LogP contribution in [0.5, 0.6) is 0 Å². The number of rotatable bonds is 5. The van der Waals surface area contributed by atoms with Crippen molar-refractivity contribution >= 4 is 39.3 Å². The highest BCUT2D eigenvalue weighted by atomic mass is 19.4. The van der Waals surface area contributed by atoms with Gasteiger partial charge in [0.25, 0.3) is 11.8 Å². The third kappa shape index (κ3) is 6.21. The summed E-state index contributed by atoms with van der Waals surface area (Å²) in [5.41, 5.74) is 4.84. The number of nitrogens with zero attached hydrogens (tertiary/aromatic N) is 2. The Kier molecular flexibility index (Phi) is 8.43. The first kappa shape index (κ1) is 36.7. The highest BCUT2D eigenvalue weighted by Crippen LogP contribution is 2.42. The van der Waals surface area contributed by atoms with Crippen LogP contribution in [0.1, 0.15) is 43.0 Å². The van der Waals surface area contributed by atoms with Gasteiger partial charge >= 0.3 is 12.4 Å². The zero-order valence-corrected chi connectivity index (χ0v) is 30.8. The van der Waals surface area contributed by atoms with Gasteiger partial charge in [0.05, 0.1) is 44.7 Å². The number of hydrogen-bond donors (Lipinski definition) is 0. The van der Waals surface area contributed by atoms with Crippen LogP contribution < -0.4 is 4.90 Å². The number of benzene rings is 7. The molecule has 0 spiro atoms. The van der Waals surface area contributed by atoms with Gasteiger partial charge in [-0.3, -0.25) is 9.59 Å². The van der Waals surface area contributed by atoms with Gasteiger partial charge in [-0.05, 0) is 131 Å². The van der Waals surface area contributed by atoms with Gasteiger partial charge < -0.3 is 4.57 Å². The predicted octanol–water partition coefficient (Wildman–Crippen LogP) is 13.2. The van der Waals surface area contributed by atoms with Gasteiger partial charge in [0.15, 0.2) is 0 Å². The number of aryl methyl sites for hydroxylation is 2. The highest BCUT2D eigenvalue weighted by Gasteiger charge is 2.40. The van der Waals surface area contributed by atoms with Crippen molar-refractivity contribution in [1.29, 1.82) is 0 Å². The maximum absolute atomic E-state index is 14.5. The molecule has 286 valence electrons. The van der Waals surface area contributed by atoms with Gasteiger partial charge in [-0.2, -0.15) is 26.3 Å². The molecule has 4 nitrogen and oxygen atoms in total. The molecule has 1 aliphatic heterocycles. The summed E-state index contributed by atoms with van der Waals surface area (Å²) in [6.07, 6.45) is -9.15. The average molecular weight is 781 g/mol. The van der Waals surface area contributed by atoms with Crippen LogP contribution >= 0.6 is 0 Å². The quantitative estimate of drug-likeness (QED) is 0.129. The SMILES string of the molecule is Cc1cc(-c2ccc3c(c2)c2cc(-c4cc(C)cc(C(F)(F)F)c4)ccc2n3-c2cccc3c2C(=O)N(c2cccc(-c4ccccc4)c2)C3=O)cc(C(F)(F)F)c1. The zero-order chi connectivity index (χ0) is 40.7. The van der Waals surface area contributed by atoms with Gasteiger partial charge in [0, 0.05) is 10.8 Å². The first-order valence-corrected chi connectivity index (χ1v) is 18.3. The summed E-state index contributed by atoms with van der Waals surface area (Å²) in [5.74, 6) is -1.04. The maximum Gasteiger partial charge on any atom is 0.416 e. The number of imide groups is 1. The number of fused-ring (bicyclic) bond motifs is 4. The number of alkyl halides is 6. The van der Waals surface area contributed by atoms with Gasteiger partial charge in [0.2, 0.25) is 0 Å². The van der Waals surface area contributed by atoms with E-state index in [4.69, 9.17) is 0 Å². The number of anilines is 1. The van der Waals surface area contributed by atoms with Crippen molar-refractivity contribution in [1.82, 2.24) is 4.57 Å². The third-order valence-corrected chi connectivity index (χ3v) is 10.6. The van der Waals surface area contributed by atoms with Gasteiger partial charge in [0.1, 0.15) is 0 Å². The minimum absolute atomic E-state index is 0.159. The van der Waals surface area contributed by atoms with Crippen LogP contribution in [0.4, 0.5) is 32.0 Å². The van der Waals surface area contributed by atoms with E-state index >= 15 is 0 Å². The van der Waals surface area contributed by atoms with E-state index in [1.165, 1.54) is 0 Å². The minimum Gasteiger partial charge on any atom is -0.308 e. The molecule has 0 N–H and O–H groups in total. The minimum atomic E-state index is -4.58. The Balaban J connectivity index is 1.25. The molecule has 1 aromatic heterocycles. The number of carbonyl (C=O) groups is 2. The van der Waals surface area contributed by atoms with E-state index in [0.717, 1.165) is 40.3 Å². The summed E-state index contributed by atoms with van der Waals surface area (Å²) in [7, 11) is 0. The lowest BCUT2D eigenvalue weighted by Crippen LogP contribution is -2.29. The summed E-state index contributed by atoms with van der Waals surface area (Å²) >= 11 is 0. The summed E-state index contributed by atoms with van der Waals surface area (Å²) in [6, 6.07) is 39.7. The molecule has 0 fully saturated rings. The van der Waals surface area contributed by atoms with Crippen molar-refractivity contribution in [2.24, 2.45) is 0 Å². The summed E-state index contributed by atoms with van der Waals surface area (Å²) < 4.78 is 85.4. The molecule has 0 atom stereocenters. The van der Waals surface area contributed by atoms with Crippen LogP contribution in [0.25, 0.3) is 60.9 Å². The Morgan fingerprint density at radius 1 is 0.448 bits per heavy atom. The number of hydrogen-bond acceptors (Lipinski definition) is 2. The fourth-order valence-electron chi connectivity index (χ4n) is 8.01. The fourth-order valence-corrected chi connectivity index (χ4v) is 8.01. The molecule has 10 heteroatoms. The van der Waals surface area contributed by atoms with E-state index in [9.17, 15) is 35.9 Å². The topological polar surface area (TPSA) is 42.3 Å². The van der Waals surface area contributed by atoms with E-state index in [-0.39, 0.29) is 11.1 Å². The number of halogens is 6. The van der Waals surface area contributed by atoms with Crippen molar-refractivity contribution in [2.45, 2.75) is 26.2 Å². The summed E-state index contributed by atoms with van der Waals surface area (Å²) in [4.78, 5) is 29.8. The second-order valence-electron chi connectivity index (χ2n) is 14.5. The van der Waals surface area contributed by atoms with Gasteiger partial charge in [-0.1, -0.05) is 72.8 Å². The maximum atomic E-state index is 14.5. The molecule has 7 aromatic carbocycles. The van der Waals surface area contributed by atoms with Gasteiger partial charge in [-0.25, -0.2) is 4.90 Å². The molecule has 0 saturated carbocycles. The highest BCUT2D eigenvalue weighted by molar-refractivity contribution is 6.36. The number of amides is 2. The van der Waals surface area contributed by atoms with E-state index in [1.54, 1.807) is 98.8 Å². The molecule has 2 amide bonds. The summed E-state index contributed by atoms with van der Waals surface area (Å²) in [5, 5.41) is 1.16. The van der Waals surface area contributed by atoms with Crippen molar-refractivity contribution in [3.05, 3.63) is 179 Å². The smallest absolute Gasteiger partial charge is 0.308 e. The lowest BCUT2D eigenvalue weighted by atomic mass is 9.96. The first-order valence-electron chi connectivity index (χ1n) is 18.3. The van der Waals surface area contributed by atoms with Crippen LogP contribution in [0.3, 0.4) is 0 Å². The molecule has 8 aromatic rings. The molecule has 1 aliphatic rings. The summed E-state index contributed by atoms with van der Waals surface area (Å²) in [6.45, 7) is 3.17. The van der Waals surface area contributed by atoms with Crippen LogP contribution in [0.2, 0.25) is 0 Å². The molecule has 0 radical (unpaired) electrons. The van der Waals surface area contributed by atoms with E-state index < -0.39 is 35.3 Å². The predicted molar refractivity (Wildman–Crippen MR) is 214 cm³/mol. The van der Waals surface area contributed by atoms with Crippen molar-refractivity contribution in [2.75, 3.05) is 4.90 Å². The number of carbonyl (C=O) groups excluding carboxylic acids is 2. The Labute approximate surface area is 328 Å². The number of aromatic nitrogens is 1. The molecule has 0 saturated heterocycles.